The first-order chi connectivity index (χ1) is 11.8. The van der Waals surface area contributed by atoms with E-state index < -0.39 is 0 Å². The van der Waals surface area contributed by atoms with Crippen LogP contribution in [0.2, 0.25) is 0 Å². The standard InChI is InChI=1S/C21H19NO2/c23-21-18-12-11-17(13-15-7-3-1-4-8-15)22-19(18)14-20(24-21)16-9-5-2-6-10-16/h1-10,14,17,22H,11-13H2. The Morgan fingerprint density at radius 2 is 1.71 bits per heavy atom. The first-order valence-electron chi connectivity index (χ1n) is 8.32. The van der Waals surface area contributed by atoms with Gasteiger partial charge in [-0.05, 0) is 24.8 Å². The lowest BCUT2D eigenvalue weighted by molar-refractivity contribution is 0.505. The van der Waals surface area contributed by atoms with Crippen molar-refractivity contribution in [1.82, 2.24) is 0 Å². The number of hydrogen-bond acceptors (Lipinski definition) is 3. The van der Waals surface area contributed by atoms with Gasteiger partial charge in [-0.15, -0.1) is 0 Å². The van der Waals surface area contributed by atoms with E-state index in [4.69, 9.17) is 4.42 Å². The Labute approximate surface area is 141 Å². The Kier molecular flexibility index (Phi) is 3.91. The molecule has 0 fully saturated rings. The molecule has 2 heterocycles. The summed E-state index contributed by atoms with van der Waals surface area (Å²) in [6, 6.07) is 22.5. The molecule has 0 radical (unpaired) electrons. The van der Waals surface area contributed by atoms with E-state index in [1.807, 2.05) is 42.5 Å². The molecule has 1 atom stereocenters. The maximum atomic E-state index is 12.3. The van der Waals surface area contributed by atoms with Crippen molar-refractivity contribution < 1.29 is 4.42 Å². The second-order valence-electron chi connectivity index (χ2n) is 6.23. The SMILES string of the molecule is O=c1oc(-c2ccccc2)cc2c1CCC(Cc1ccccc1)N2. The van der Waals surface area contributed by atoms with Gasteiger partial charge in [0.25, 0.3) is 0 Å². The van der Waals surface area contributed by atoms with E-state index in [2.05, 4.69) is 29.6 Å². The van der Waals surface area contributed by atoms with E-state index in [1.54, 1.807) is 0 Å². The van der Waals surface area contributed by atoms with Crippen LogP contribution >= 0.6 is 0 Å². The summed E-state index contributed by atoms with van der Waals surface area (Å²) in [5, 5.41) is 3.54. The van der Waals surface area contributed by atoms with Gasteiger partial charge in [0.1, 0.15) is 5.76 Å². The van der Waals surface area contributed by atoms with Crippen molar-refractivity contribution in [1.29, 1.82) is 0 Å². The van der Waals surface area contributed by atoms with Crippen molar-refractivity contribution in [2.75, 3.05) is 5.32 Å². The van der Waals surface area contributed by atoms with Gasteiger partial charge in [-0.2, -0.15) is 0 Å². The number of anilines is 1. The highest BCUT2D eigenvalue weighted by molar-refractivity contribution is 5.65. The zero-order valence-electron chi connectivity index (χ0n) is 13.4. The molecule has 0 bridgehead atoms. The second-order valence-corrected chi connectivity index (χ2v) is 6.23. The first-order valence-corrected chi connectivity index (χ1v) is 8.32. The highest BCUT2D eigenvalue weighted by atomic mass is 16.4. The normalized spacial score (nSPS) is 16.2. The van der Waals surface area contributed by atoms with Gasteiger partial charge in [0.15, 0.2) is 0 Å². The molecule has 1 aliphatic heterocycles. The minimum absolute atomic E-state index is 0.225. The fraction of sp³-hybridized carbons (Fsp3) is 0.190. The van der Waals surface area contributed by atoms with Gasteiger partial charge >= 0.3 is 5.63 Å². The van der Waals surface area contributed by atoms with Crippen LogP contribution in [0.5, 0.6) is 0 Å². The highest BCUT2D eigenvalue weighted by Gasteiger charge is 2.22. The lowest BCUT2D eigenvalue weighted by Crippen LogP contribution is -2.30. The molecule has 24 heavy (non-hydrogen) atoms. The van der Waals surface area contributed by atoms with E-state index in [-0.39, 0.29) is 5.63 Å². The van der Waals surface area contributed by atoms with Crippen molar-refractivity contribution in [3.05, 3.63) is 88.3 Å². The Balaban J connectivity index is 1.62. The van der Waals surface area contributed by atoms with Gasteiger partial charge < -0.3 is 9.73 Å². The molecule has 0 saturated carbocycles. The summed E-state index contributed by atoms with van der Waals surface area (Å²) in [6.07, 6.45) is 2.66. The zero-order chi connectivity index (χ0) is 16.4. The van der Waals surface area contributed by atoms with E-state index in [9.17, 15) is 4.79 Å². The maximum Gasteiger partial charge on any atom is 0.341 e. The molecule has 3 aromatic rings. The smallest absolute Gasteiger partial charge is 0.341 e. The predicted octanol–water partition coefficient (Wildman–Crippen LogP) is 4.28. The van der Waals surface area contributed by atoms with Gasteiger partial charge in [-0.3, -0.25) is 0 Å². The maximum absolute atomic E-state index is 12.3. The molecule has 0 aliphatic carbocycles. The summed E-state index contributed by atoms with van der Waals surface area (Å²) in [5.41, 5.74) is 3.68. The van der Waals surface area contributed by atoms with Crippen LogP contribution in [0.3, 0.4) is 0 Å². The summed E-state index contributed by atoms with van der Waals surface area (Å²) in [5.74, 6) is 0.618. The molecule has 2 aromatic carbocycles. The minimum atomic E-state index is -0.225. The van der Waals surface area contributed by atoms with Gasteiger partial charge in [0, 0.05) is 23.4 Å². The van der Waals surface area contributed by atoms with Crippen LogP contribution in [-0.2, 0) is 12.8 Å². The quantitative estimate of drug-likeness (QED) is 0.784. The lowest BCUT2D eigenvalue weighted by Gasteiger charge is -2.26. The Hall–Kier alpha value is -2.81. The van der Waals surface area contributed by atoms with Crippen LogP contribution in [0.25, 0.3) is 11.3 Å². The molecule has 0 amide bonds. The second kappa shape index (κ2) is 6.36. The van der Waals surface area contributed by atoms with Crippen molar-refractivity contribution in [3.8, 4) is 11.3 Å². The Morgan fingerprint density at radius 1 is 1.00 bits per heavy atom. The lowest BCUT2D eigenvalue weighted by atomic mass is 9.94. The van der Waals surface area contributed by atoms with E-state index in [0.29, 0.717) is 11.8 Å². The van der Waals surface area contributed by atoms with Crippen LogP contribution in [0.4, 0.5) is 5.69 Å². The van der Waals surface area contributed by atoms with Crippen molar-refractivity contribution >= 4 is 5.69 Å². The average Bonchev–Trinajstić information content (AvgIpc) is 2.63. The molecule has 0 spiro atoms. The summed E-state index contributed by atoms with van der Waals surface area (Å²) in [4.78, 5) is 12.3. The first kappa shape index (κ1) is 14.8. The summed E-state index contributed by atoms with van der Waals surface area (Å²) >= 11 is 0. The molecule has 4 rings (SSSR count). The van der Waals surface area contributed by atoms with Crippen molar-refractivity contribution in [3.63, 3.8) is 0 Å². The highest BCUT2D eigenvalue weighted by Crippen LogP contribution is 2.28. The van der Waals surface area contributed by atoms with Crippen LogP contribution < -0.4 is 10.9 Å². The molecule has 1 N–H and O–H groups in total. The Morgan fingerprint density at radius 3 is 2.46 bits per heavy atom. The van der Waals surface area contributed by atoms with Crippen molar-refractivity contribution in [2.24, 2.45) is 0 Å². The van der Waals surface area contributed by atoms with Gasteiger partial charge in [-0.1, -0.05) is 60.7 Å². The number of benzene rings is 2. The minimum Gasteiger partial charge on any atom is -0.422 e. The predicted molar refractivity (Wildman–Crippen MR) is 96.3 cm³/mol. The number of rotatable bonds is 3. The van der Waals surface area contributed by atoms with E-state index in [1.165, 1.54) is 5.56 Å². The van der Waals surface area contributed by atoms with Gasteiger partial charge in [0.05, 0.1) is 5.56 Å². The molecule has 3 nitrogen and oxygen atoms in total. The molecule has 0 saturated heterocycles. The molecule has 120 valence electrons. The van der Waals surface area contributed by atoms with E-state index >= 15 is 0 Å². The number of hydrogen-bond donors (Lipinski definition) is 1. The summed E-state index contributed by atoms with van der Waals surface area (Å²) < 4.78 is 5.52. The molecule has 1 aliphatic rings. The third-order valence-corrected chi connectivity index (χ3v) is 4.54. The third kappa shape index (κ3) is 2.98. The third-order valence-electron chi connectivity index (χ3n) is 4.54. The van der Waals surface area contributed by atoms with Crippen LogP contribution in [0.15, 0.2) is 75.9 Å². The largest absolute Gasteiger partial charge is 0.422 e. The fourth-order valence-electron chi connectivity index (χ4n) is 3.29. The van der Waals surface area contributed by atoms with Gasteiger partial charge in [-0.25, -0.2) is 4.79 Å². The molecule has 1 unspecified atom stereocenters. The molecule has 1 aromatic heterocycles. The fourth-order valence-corrected chi connectivity index (χ4v) is 3.29. The summed E-state index contributed by atoms with van der Waals surface area (Å²) in [7, 11) is 0. The van der Waals surface area contributed by atoms with Crippen LogP contribution in [-0.4, -0.2) is 6.04 Å². The molecule has 3 heteroatoms. The zero-order valence-corrected chi connectivity index (χ0v) is 13.4. The Bertz CT molecular complexity index is 885. The number of fused-ring (bicyclic) bond motifs is 1. The molecular formula is C21H19NO2. The molecular weight excluding hydrogens is 298 g/mol. The topological polar surface area (TPSA) is 42.2 Å². The van der Waals surface area contributed by atoms with Crippen LogP contribution in [0.1, 0.15) is 17.5 Å². The van der Waals surface area contributed by atoms with Gasteiger partial charge in [0.2, 0.25) is 0 Å². The van der Waals surface area contributed by atoms with E-state index in [0.717, 1.165) is 36.1 Å². The van der Waals surface area contributed by atoms with Crippen molar-refractivity contribution in [2.45, 2.75) is 25.3 Å². The van der Waals surface area contributed by atoms with Crippen LogP contribution in [0, 0.1) is 0 Å². The average molecular weight is 317 g/mol. The monoisotopic (exact) mass is 317 g/mol. The number of nitrogens with one attached hydrogen (secondary N) is 1. The summed E-state index contributed by atoms with van der Waals surface area (Å²) in [6.45, 7) is 0.